The summed E-state index contributed by atoms with van der Waals surface area (Å²) in [7, 11) is 0. The van der Waals surface area contributed by atoms with E-state index in [1.54, 1.807) is 6.07 Å². The number of hydrogen-bond acceptors (Lipinski definition) is 4. The van der Waals surface area contributed by atoms with Crippen LogP contribution in [-0.2, 0) is 0 Å². The molecule has 1 amide bonds. The minimum atomic E-state index is -0.475. The summed E-state index contributed by atoms with van der Waals surface area (Å²) in [4.78, 5) is 16.2. The number of nitrogens with one attached hydrogen (secondary N) is 1. The van der Waals surface area contributed by atoms with Gasteiger partial charge in [0, 0.05) is 17.5 Å². The van der Waals surface area contributed by atoms with Crippen LogP contribution in [0.15, 0.2) is 30.3 Å². The molecule has 20 heavy (non-hydrogen) atoms. The topological polar surface area (TPSA) is 94.0 Å². The Morgan fingerprint density at radius 3 is 2.80 bits per heavy atom. The molecule has 5 N–H and O–H groups in total. The van der Waals surface area contributed by atoms with Crippen molar-refractivity contribution in [1.29, 1.82) is 0 Å². The van der Waals surface area contributed by atoms with E-state index in [0.717, 1.165) is 30.2 Å². The number of fused-ring (bicyclic) bond motifs is 1. The van der Waals surface area contributed by atoms with E-state index >= 15 is 0 Å². The summed E-state index contributed by atoms with van der Waals surface area (Å²) >= 11 is 0. The molecule has 1 aromatic heterocycles. The summed E-state index contributed by atoms with van der Waals surface area (Å²) in [5.41, 5.74) is 12.8. The van der Waals surface area contributed by atoms with Gasteiger partial charge in [-0.25, -0.2) is 4.98 Å². The maximum atomic E-state index is 11.6. The molecule has 1 aliphatic rings. The third kappa shape index (κ3) is 2.32. The van der Waals surface area contributed by atoms with Gasteiger partial charge in [0.25, 0.3) is 5.91 Å². The number of rotatable bonds is 3. The van der Waals surface area contributed by atoms with Gasteiger partial charge in [-0.1, -0.05) is 18.2 Å². The Kier molecular flexibility index (Phi) is 3.28. The van der Waals surface area contributed by atoms with E-state index in [2.05, 4.69) is 10.3 Å². The summed E-state index contributed by atoms with van der Waals surface area (Å²) in [6.07, 6.45) is 3.09. The van der Waals surface area contributed by atoms with Crippen molar-refractivity contribution in [3.63, 3.8) is 0 Å². The highest BCUT2D eigenvalue weighted by Crippen LogP contribution is 2.25. The van der Waals surface area contributed by atoms with E-state index in [9.17, 15) is 4.79 Å². The van der Waals surface area contributed by atoms with Crippen LogP contribution in [0.3, 0.4) is 0 Å². The molecule has 0 radical (unpaired) electrons. The fourth-order valence-corrected chi connectivity index (χ4v) is 2.76. The second kappa shape index (κ2) is 5.09. The predicted octanol–water partition coefficient (Wildman–Crippen LogP) is 1.63. The molecular weight excluding hydrogens is 252 g/mol. The molecule has 1 aromatic carbocycles. The first-order valence-electron chi connectivity index (χ1n) is 6.87. The number of hydrogen-bond donors (Lipinski definition) is 3. The molecule has 0 spiro atoms. The normalized spacial score (nSPS) is 22.1. The first kappa shape index (κ1) is 12.9. The summed E-state index contributed by atoms with van der Waals surface area (Å²) in [6, 6.07) is 9.71. The number of anilines is 1. The molecule has 2 aromatic rings. The number of pyridine rings is 1. The number of primary amides is 1. The van der Waals surface area contributed by atoms with Crippen molar-refractivity contribution in [2.45, 2.75) is 31.3 Å². The number of nitrogens with two attached hydrogens (primary N) is 2. The zero-order valence-electron chi connectivity index (χ0n) is 11.2. The van der Waals surface area contributed by atoms with Gasteiger partial charge in [0.1, 0.15) is 5.82 Å². The highest BCUT2D eigenvalue weighted by molar-refractivity contribution is 6.01. The maximum Gasteiger partial charge on any atom is 0.252 e. The molecule has 1 aliphatic carbocycles. The summed E-state index contributed by atoms with van der Waals surface area (Å²) in [5.74, 6) is 0.0656. The Morgan fingerprint density at radius 1 is 1.30 bits per heavy atom. The zero-order chi connectivity index (χ0) is 14.1. The van der Waals surface area contributed by atoms with E-state index < -0.39 is 5.91 Å². The fraction of sp³-hybridized carbons (Fsp3) is 0.333. The second-order valence-electron chi connectivity index (χ2n) is 5.29. The molecule has 3 rings (SSSR count). The molecular formula is C15H18N4O. The highest BCUT2D eigenvalue weighted by atomic mass is 16.1. The number of benzene rings is 1. The van der Waals surface area contributed by atoms with E-state index in [4.69, 9.17) is 11.5 Å². The van der Waals surface area contributed by atoms with Gasteiger partial charge in [0.05, 0.1) is 11.1 Å². The van der Waals surface area contributed by atoms with E-state index in [-0.39, 0.29) is 12.1 Å². The number of para-hydroxylation sites is 1. The van der Waals surface area contributed by atoms with Crippen LogP contribution in [0.4, 0.5) is 5.82 Å². The summed E-state index contributed by atoms with van der Waals surface area (Å²) in [6.45, 7) is 0. The Labute approximate surface area is 117 Å². The van der Waals surface area contributed by atoms with Crippen molar-refractivity contribution in [2.24, 2.45) is 11.5 Å². The number of amides is 1. The van der Waals surface area contributed by atoms with Crippen molar-refractivity contribution in [2.75, 3.05) is 5.32 Å². The van der Waals surface area contributed by atoms with Crippen LogP contribution in [0.25, 0.3) is 10.9 Å². The predicted molar refractivity (Wildman–Crippen MR) is 79.5 cm³/mol. The van der Waals surface area contributed by atoms with Gasteiger partial charge in [-0.05, 0) is 31.4 Å². The molecule has 1 saturated carbocycles. The van der Waals surface area contributed by atoms with Crippen molar-refractivity contribution >= 4 is 22.6 Å². The fourth-order valence-electron chi connectivity index (χ4n) is 2.76. The number of carbonyl (C=O) groups is 1. The van der Waals surface area contributed by atoms with Crippen LogP contribution in [0, 0.1) is 0 Å². The molecule has 0 aliphatic heterocycles. The van der Waals surface area contributed by atoms with Gasteiger partial charge in [-0.3, -0.25) is 4.79 Å². The lowest BCUT2D eigenvalue weighted by Gasteiger charge is -2.19. The lowest BCUT2D eigenvalue weighted by molar-refractivity contribution is 0.100. The van der Waals surface area contributed by atoms with Gasteiger partial charge in [-0.2, -0.15) is 0 Å². The summed E-state index contributed by atoms with van der Waals surface area (Å²) < 4.78 is 0. The van der Waals surface area contributed by atoms with Crippen molar-refractivity contribution in [1.82, 2.24) is 4.98 Å². The minimum absolute atomic E-state index is 0.101. The first-order valence-corrected chi connectivity index (χ1v) is 6.87. The quantitative estimate of drug-likeness (QED) is 0.790. The second-order valence-corrected chi connectivity index (χ2v) is 5.29. The number of carbonyl (C=O) groups excluding carboxylic acids is 1. The Morgan fingerprint density at radius 2 is 2.10 bits per heavy atom. The number of nitrogens with zero attached hydrogens (tertiary/aromatic N) is 1. The van der Waals surface area contributed by atoms with E-state index in [1.165, 1.54) is 0 Å². The first-order chi connectivity index (χ1) is 9.65. The maximum absolute atomic E-state index is 11.6. The molecule has 104 valence electrons. The average Bonchev–Trinajstić information content (AvgIpc) is 2.83. The molecule has 0 saturated heterocycles. The molecule has 5 heteroatoms. The van der Waals surface area contributed by atoms with Crippen molar-refractivity contribution in [3.05, 3.63) is 35.9 Å². The van der Waals surface area contributed by atoms with Gasteiger partial charge < -0.3 is 16.8 Å². The van der Waals surface area contributed by atoms with E-state index in [0.29, 0.717) is 11.4 Å². The zero-order valence-corrected chi connectivity index (χ0v) is 11.2. The SMILES string of the molecule is NC(=O)c1cc2ccccc2nc1NC1CCCC1N. The van der Waals surface area contributed by atoms with Crippen molar-refractivity contribution in [3.8, 4) is 0 Å². The monoisotopic (exact) mass is 270 g/mol. The summed E-state index contributed by atoms with van der Waals surface area (Å²) in [5, 5.41) is 4.20. The Balaban J connectivity index is 2.03. The van der Waals surface area contributed by atoms with Crippen LogP contribution >= 0.6 is 0 Å². The van der Waals surface area contributed by atoms with Gasteiger partial charge >= 0.3 is 0 Å². The van der Waals surface area contributed by atoms with Gasteiger partial charge in [-0.15, -0.1) is 0 Å². The Hall–Kier alpha value is -2.14. The van der Waals surface area contributed by atoms with E-state index in [1.807, 2.05) is 24.3 Å². The molecule has 0 bridgehead atoms. The van der Waals surface area contributed by atoms with Crippen LogP contribution in [0.2, 0.25) is 0 Å². The largest absolute Gasteiger partial charge is 0.365 e. The lowest BCUT2D eigenvalue weighted by atomic mass is 10.1. The molecule has 2 unspecified atom stereocenters. The smallest absolute Gasteiger partial charge is 0.252 e. The molecule has 5 nitrogen and oxygen atoms in total. The molecule has 1 fully saturated rings. The third-order valence-electron chi connectivity index (χ3n) is 3.88. The van der Waals surface area contributed by atoms with Gasteiger partial charge in [0.2, 0.25) is 0 Å². The van der Waals surface area contributed by atoms with Crippen LogP contribution < -0.4 is 16.8 Å². The standard InChI is InChI=1S/C15H18N4O/c16-11-5-3-7-13(11)19-15-10(14(17)20)8-9-4-1-2-6-12(9)18-15/h1-2,4,6,8,11,13H,3,5,7,16H2,(H2,17,20)(H,18,19). The van der Waals surface area contributed by atoms with Crippen LogP contribution in [-0.4, -0.2) is 23.0 Å². The lowest BCUT2D eigenvalue weighted by Crippen LogP contribution is -2.36. The minimum Gasteiger partial charge on any atom is -0.365 e. The van der Waals surface area contributed by atoms with Gasteiger partial charge in [0.15, 0.2) is 0 Å². The Bertz CT molecular complexity index is 655. The average molecular weight is 270 g/mol. The third-order valence-corrected chi connectivity index (χ3v) is 3.88. The van der Waals surface area contributed by atoms with Crippen LogP contribution in [0.1, 0.15) is 29.6 Å². The van der Waals surface area contributed by atoms with Crippen LogP contribution in [0.5, 0.6) is 0 Å². The highest BCUT2D eigenvalue weighted by Gasteiger charge is 2.25. The molecule has 2 atom stereocenters. The number of aromatic nitrogens is 1. The molecule has 1 heterocycles. The van der Waals surface area contributed by atoms with Crippen molar-refractivity contribution < 1.29 is 4.79 Å².